The minimum absolute atomic E-state index is 0.0474. The molecule has 0 unspecified atom stereocenters. The van der Waals surface area contributed by atoms with Gasteiger partial charge in [-0.25, -0.2) is 13.2 Å². The van der Waals surface area contributed by atoms with Gasteiger partial charge < -0.3 is 9.64 Å². The lowest BCUT2D eigenvalue weighted by Crippen LogP contribution is -2.36. The normalized spacial score (nSPS) is 11.0. The molecule has 0 heterocycles. The quantitative estimate of drug-likeness (QED) is 0.659. The van der Waals surface area contributed by atoms with Gasteiger partial charge in [0.2, 0.25) is 15.9 Å². The van der Waals surface area contributed by atoms with Crippen LogP contribution < -0.4 is 4.31 Å². The average Bonchev–Trinajstić information content (AvgIpc) is 2.54. The van der Waals surface area contributed by atoms with Crippen molar-refractivity contribution in [3.63, 3.8) is 0 Å². The van der Waals surface area contributed by atoms with Crippen molar-refractivity contribution >= 4 is 27.6 Å². The van der Waals surface area contributed by atoms with E-state index in [-0.39, 0.29) is 18.9 Å². The van der Waals surface area contributed by atoms with Crippen LogP contribution in [0.2, 0.25) is 0 Å². The molecule has 24 heavy (non-hydrogen) atoms. The largest absolute Gasteiger partial charge is 0.465 e. The number of nitrogens with zero attached hydrogens (tertiary/aromatic N) is 2. The van der Waals surface area contributed by atoms with E-state index in [1.54, 1.807) is 4.90 Å². The van der Waals surface area contributed by atoms with E-state index in [4.69, 9.17) is 0 Å². The molecule has 0 aliphatic rings. The zero-order valence-electron chi connectivity index (χ0n) is 14.5. The molecule has 134 valence electrons. The van der Waals surface area contributed by atoms with Crippen LogP contribution in [-0.4, -0.2) is 58.2 Å². The first-order valence-corrected chi connectivity index (χ1v) is 9.53. The highest BCUT2D eigenvalue weighted by Gasteiger charge is 2.20. The van der Waals surface area contributed by atoms with E-state index in [0.29, 0.717) is 24.3 Å². The predicted molar refractivity (Wildman–Crippen MR) is 92.5 cm³/mol. The van der Waals surface area contributed by atoms with Crippen LogP contribution in [0.15, 0.2) is 24.3 Å². The van der Waals surface area contributed by atoms with E-state index in [2.05, 4.69) is 4.74 Å². The highest BCUT2D eigenvalue weighted by molar-refractivity contribution is 7.92. The lowest BCUT2D eigenvalue weighted by molar-refractivity contribution is -0.130. The molecule has 0 aliphatic heterocycles. The number of anilines is 1. The van der Waals surface area contributed by atoms with Gasteiger partial charge in [0.25, 0.3) is 0 Å². The lowest BCUT2D eigenvalue weighted by atomic mass is 10.2. The number of hydrogen-bond acceptors (Lipinski definition) is 5. The van der Waals surface area contributed by atoms with Crippen LogP contribution in [0.1, 0.15) is 30.6 Å². The standard InChI is InChI=1S/C16H24N2O5S/c1-5-17(6-2)15(19)11-12-18(24(4,21)22)14-9-7-13(8-10-14)16(20)23-3/h7-10H,5-6,11-12H2,1-4H3. The van der Waals surface area contributed by atoms with Gasteiger partial charge >= 0.3 is 5.97 Å². The second-order valence-electron chi connectivity index (χ2n) is 5.19. The summed E-state index contributed by atoms with van der Waals surface area (Å²) in [6.07, 6.45) is 1.18. The molecule has 1 rings (SSSR count). The summed E-state index contributed by atoms with van der Waals surface area (Å²) in [5, 5.41) is 0. The van der Waals surface area contributed by atoms with E-state index < -0.39 is 16.0 Å². The van der Waals surface area contributed by atoms with Crippen molar-refractivity contribution in [2.45, 2.75) is 20.3 Å². The highest BCUT2D eigenvalue weighted by Crippen LogP contribution is 2.19. The topological polar surface area (TPSA) is 84.0 Å². The molecule has 0 radical (unpaired) electrons. The number of ether oxygens (including phenoxy) is 1. The molecule has 1 amide bonds. The minimum atomic E-state index is -3.55. The van der Waals surface area contributed by atoms with Crippen LogP contribution in [0.5, 0.6) is 0 Å². The Labute approximate surface area is 143 Å². The minimum Gasteiger partial charge on any atom is -0.465 e. The first-order valence-electron chi connectivity index (χ1n) is 7.68. The fourth-order valence-electron chi connectivity index (χ4n) is 2.30. The second-order valence-corrected chi connectivity index (χ2v) is 7.10. The van der Waals surface area contributed by atoms with Gasteiger partial charge in [-0.15, -0.1) is 0 Å². The first-order chi connectivity index (χ1) is 11.2. The van der Waals surface area contributed by atoms with Crippen molar-refractivity contribution in [1.29, 1.82) is 0 Å². The Morgan fingerprint density at radius 3 is 2.04 bits per heavy atom. The SMILES string of the molecule is CCN(CC)C(=O)CCN(c1ccc(C(=O)OC)cc1)S(C)(=O)=O. The fraction of sp³-hybridized carbons (Fsp3) is 0.500. The Morgan fingerprint density at radius 2 is 1.62 bits per heavy atom. The molecule has 7 nitrogen and oxygen atoms in total. The van der Waals surface area contributed by atoms with Crippen LogP contribution in [0.4, 0.5) is 5.69 Å². The van der Waals surface area contributed by atoms with Crippen molar-refractivity contribution in [2.24, 2.45) is 0 Å². The van der Waals surface area contributed by atoms with Crippen LogP contribution >= 0.6 is 0 Å². The number of methoxy groups -OCH3 is 1. The zero-order chi connectivity index (χ0) is 18.3. The van der Waals surface area contributed by atoms with E-state index in [1.807, 2.05) is 13.8 Å². The summed E-state index contributed by atoms with van der Waals surface area (Å²) >= 11 is 0. The van der Waals surface area contributed by atoms with Crippen molar-refractivity contribution in [1.82, 2.24) is 4.90 Å². The Morgan fingerprint density at radius 1 is 1.08 bits per heavy atom. The molecular formula is C16H24N2O5S. The van der Waals surface area contributed by atoms with Crippen molar-refractivity contribution < 1.29 is 22.7 Å². The Kier molecular flexibility index (Phi) is 7.21. The molecule has 0 saturated carbocycles. The summed E-state index contributed by atoms with van der Waals surface area (Å²) in [6.45, 7) is 4.97. The Hall–Kier alpha value is -2.09. The van der Waals surface area contributed by atoms with Gasteiger partial charge in [-0.05, 0) is 38.1 Å². The maximum Gasteiger partial charge on any atom is 0.337 e. The van der Waals surface area contributed by atoms with Crippen molar-refractivity contribution in [2.75, 3.05) is 37.3 Å². The summed E-state index contributed by atoms with van der Waals surface area (Å²) in [5.74, 6) is -0.594. The number of rotatable bonds is 8. The maximum absolute atomic E-state index is 12.1. The summed E-state index contributed by atoms with van der Waals surface area (Å²) in [7, 11) is -2.27. The molecular weight excluding hydrogens is 332 g/mol. The van der Waals surface area contributed by atoms with Crippen molar-refractivity contribution in [3.05, 3.63) is 29.8 Å². The van der Waals surface area contributed by atoms with Crippen LogP contribution in [-0.2, 0) is 19.6 Å². The second kappa shape index (κ2) is 8.68. The van der Waals surface area contributed by atoms with E-state index >= 15 is 0 Å². The third kappa shape index (κ3) is 5.23. The maximum atomic E-state index is 12.1. The summed E-state index contributed by atoms with van der Waals surface area (Å²) < 4.78 is 29.9. The summed E-state index contributed by atoms with van der Waals surface area (Å²) in [6, 6.07) is 6.03. The number of carbonyl (C=O) groups excluding carboxylic acids is 2. The fourth-order valence-corrected chi connectivity index (χ4v) is 3.23. The lowest BCUT2D eigenvalue weighted by Gasteiger charge is -2.24. The van der Waals surface area contributed by atoms with Gasteiger partial charge in [0.1, 0.15) is 0 Å². The molecule has 8 heteroatoms. The molecule has 0 spiro atoms. The third-order valence-electron chi connectivity index (χ3n) is 3.62. The number of esters is 1. The average molecular weight is 356 g/mol. The van der Waals surface area contributed by atoms with Gasteiger partial charge in [-0.3, -0.25) is 9.10 Å². The van der Waals surface area contributed by atoms with E-state index in [0.717, 1.165) is 10.6 Å². The monoisotopic (exact) mass is 356 g/mol. The van der Waals surface area contributed by atoms with Gasteiger partial charge in [0.05, 0.1) is 24.6 Å². The number of hydrogen-bond donors (Lipinski definition) is 0. The first kappa shape index (κ1) is 20.0. The van der Waals surface area contributed by atoms with Crippen LogP contribution in [0, 0.1) is 0 Å². The summed E-state index contributed by atoms with van der Waals surface area (Å²) in [5.41, 5.74) is 0.728. The number of carbonyl (C=O) groups is 2. The van der Waals surface area contributed by atoms with Gasteiger partial charge in [0, 0.05) is 26.1 Å². The summed E-state index contributed by atoms with van der Waals surface area (Å²) in [4.78, 5) is 25.2. The molecule has 1 aromatic rings. The Balaban J connectivity index is 2.95. The van der Waals surface area contributed by atoms with Gasteiger partial charge in [0.15, 0.2) is 0 Å². The van der Waals surface area contributed by atoms with Crippen molar-refractivity contribution in [3.8, 4) is 0 Å². The van der Waals surface area contributed by atoms with Crippen LogP contribution in [0.3, 0.4) is 0 Å². The number of sulfonamides is 1. The predicted octanol–water partition coefficient (Wildman–Crippen LogP) is 1.50. The molecule has 0 atom stereocenters. The zero-order valence-corrected chi connectivity index (χ0v) is 15.3. The molecule has 0 aliphatic carbocycles. The van der Waals surface area contributed by atoms with E-state index in [1.165, 1.54) is 31.4 Å². The van der Waals surface area contributed by atoms with E-state index in [9.17, 15) is 18.0 Å². The van der Waals surface area contributed by atoms with Gasteiger partial charge in [-0.2, -0.15) is 0 Å². The number of benzene rings is 1. The molecule has 0 fully saturated rings. The molecule has 0 aromatic heterocycles. The molecule has 0 N–H and O–H groups in total. The molecule has 1 aromatic carbocycles. The highest BCUT2D eigenvalue weighted by atomic mass is 32.2. The van der Waals surface area contributed by atoms with Crippen LogP contribution in [0.25, 0.3) is 0 Å². The third-order valence-corrected chi connectivity index (χ3v) is 4.82. The van der Waals surface area contributed by atoms with Gasteiger partial charge in [-0.1, -0.05) is 0 Å². The Bertz CT molecular complexity index is 666. The molecule has 0 saturated heterocycles. The molecule has 0 bridgehead atoms. The number of amides is 1. The smallest absolute Gasteiger partial charge is 0.337 e.